The van der Waals surface area contributed by atoms with Crippen LogP contribution >= 0.6 is 11.8 Å². The monoisotopic (exact) mass is 338 g/mol. The van der Waals surface area contributed by atoms with Gasteiger partial charge in [-0.1, -0.05) is 23.9 Å². The van der Waals surface area contributed by atoms with Crippen molar-refractivity contribution in [3.8, 4) is 17.2 Å². The van der Waals surface area contributed by atoms with Crippen molar-refractivity contribution >= 4 is 22.7 Å². The summed E-state index contributed by atoms with van der Waals surface area (Å²) in [5.74, 6) is 2.11. The van der Waals surface area contributed by atoms with Crippen molar-refractivity contribution in [3.63, 3.8) is 0 Å². The van der Waals surface area contributed by atoms with E-state index in [0.29, 0.717) is 11.1 Å². The van der Waals surface area contributed by atoms with Gasteiger partial charge in [0.1, 0.15) is 5.75 Å². The van der Waals surface area contributed by atoms with E-state index in [0.717, 1.165) is 28.0 Å². The van der Waals surface area contributed by atoms with Gasteiger partial charge in [-0.25, -0.2) is 0 Å². The number of aromatic nitrogens is 4. The van der Waals surface area contributed by atoms with Crippen LogP contribution in [0.5, 0.6) is 5.75 Å². The van der Waals surface area contributed by atoms with Crippen molar-refractivity contribution in [2.75, 3.05) is 7.11 Å². The minimum Gasteiger partial charge on any atom is -0.497 e. The molecule has 0 spiro atoms. The van der Waals surface area contributed by atoms with Gasteiger partial charge in [-0.05, 0) is 35.9 Å². The molecule has 0 aliphatic heterocycles. The summed E-state index contributed by atoms with van der Waals surface area (Å²) >= 11 is 1.51. The highest BCUT2D eigenvalue weighted by atomic mass is 32.2. The van der Waals surface area contributed by atoms with Gasteiger partial charge in [0.2, 0.25) is 5.89 Å². The summed E-state index contributed by atoms with van der Waals surface area (Å²) in [6, 6.07) is 13.8. The maximum absolute atomic E-state index is 5.75. The summed E-state index contributed by atoms with van der Waals surface area (Å²) in [6.07, 6.45) is 1.77. The lowest BCUT2D eigenvalue weighted by molar-refractivity contribution is 0.414. The van der Waals surface area contributed by atoms with Crippen LogP contribution < -0.4 is 4.74 Å². The zero-order valence-corrected chi connectivity index (χ0v) is 13.7. The van der Waals surface area contributed by atoms with Crippen LogP contribution in [0.25, 0.3) is 22.4 Å². The second-order valence-corrected chi connectivity index (χ2v) is 6.11. The van der Waals surface area contributed by atoms with Crippen molar-refractivity contribution in [1.29, 1.82) is 0 Å². The highest BCUT2D eigenvalue weighted by Gasteiger charge is 2.10. The summed E-state index contributed by atoms with van der Waals surface area (Å²) in [7, 11) is 1.66. The molecule has 0 aliphatic carbocycles. The zero-order chi connectivity index (χ0) is 16.4. The Morgan fingerprint density at radius 3 is 2.83 bits per heavy atom. The molecule has 0 saturated carbocycles. The summed E-state index contributed by atoms with van der Waals surface area (Å²) in [5, 5.41) is 16.7. The first-order valence-electron chi connectivity index (χ1n) is 7.34. The lowest BCUT2D eigenvalue weighted by Gasteiger charge is -2.01. The van der Waals surface area contributed by atoms with Gasteiger partial charge < -0.3 is 9.15 Å². The van der Waals surface area contributed by atoms with Crippen LogP contribution in [0, 0.1) is 0 Å². The van der Waals surface area contributed by atoms with E-state index in [2.05, 4.69) is 20.4 Å². The summed E-state index contributed by atoms with van der Waals surface area (Å²) in [6.45, 7) is 0. The van der Waals surface area contributed by atoms with E-state index in [1.165, 1.54) is 17.3 Å². The van der Waals surface area contributed by atoms with Gasteiger partial charge >= 0.3 is 0 Å². The summed E-state index contributed by atoms with van der Waals surface area (Å²) in [5.41, 5.74) is 3.03. The molecule has 0 saturated heterocycles. The smallest absolute Gasteiger partial charge is 0.277 e. The van der Waals surface area contributed by atoms with Crippen LogP contribution in [-0.2, 0) is 5.75 Å². The molecule has 4 aromatic rings. The normalized spacial score (nSPS) is 11.0. The fraction of sp³-hybridized carbons (Fsp3) is 0.118. The van der Waals surface area contributed by atoms with Crippen molar-refractivity contribution in [3.05, 3.63) is 54.2 Å². The SMILES string of the molecule is COc1ccc(CSc2nnc(-c3ccc4[nH]ncc4c3)o2)cc1. The maximum Gasteiger partial charge on any atom is 0.277 e. The molecule has 1 N–H and O–H groups in total. The van der Waals surface area contributed by atoms with Gasteiger partial charge in [-0.15, -0.1) is 10.2 Å². The molecule has 2 aromatic carbocycles. The molecule has 0 fully saturated rings. The zero-order valence-electron chi connectivity index (χ0n) is 12.9. The molecule has 24 heavy (non-hydrogen) atoms. The molecular formula is C17H14N4O2S. The van der Waals surface area contributed by atoms with Gasteiger partial charge in [-0.2, -0.15) is 5.10 Å². The van der Waals surface area contributed by atoms with E-state index in [9.17, 15) is 0 Å². The van der Waals surface area contributed by atoms with Crippen LogP contribution in [0.1, 0.15) is 5.56 Å². The van der Waals surface area contributed by atoms with Crippen LogP contribution in [0.15, 0.2) is 58.3 Å². The van der Waals surface area contributed by atoms with Gasteiger partial charge in [-0.3, -0.25) is 5.10 Å². The number of hydrogen-bond donors (Lipinski definition) is 1. The Hall–Kier alpha value is -2.80. The number of nitrogens with zero attached hydrogens (tertiary/aromatic N) is 3. The first-order valence-corrected chi connectivity index (χ1v) is 8.33. The van der Waals surface area contributed by atoms with Crippen LogP contribution in [0.2, 0.25) is 0 Å². The van der Waals surface area contributed by atoms with E-state index >= 15 is 0 Å². The molecule has 0 amide bonds. The Kier molecular flexibility index (Phi) is 3.92. The molecule has 6 nitrogen and oxygen atoms in total. The number of ether oxygens (including phenoxy) is 1. The maximum atomic E-state index is 5.75. The first kappa shape index (κ1) is 14.8. The molecule has 0 radical (unpaired) electrons. The Morgan fingerprint density at radius 2 is 2.00 bits per heavy atom. The summed E-state index contributed by atoms with van der Waals surface area (Å²) in [4.78, 5) is 0. The number of hydrogen-bond acceptors (Lipinski definition) is 6. The number of benzene rings is 2. The molecule has 2 heterocycles. The number of fused-ring (bicyclic) bond motifs is 1. The van der Waals surface area contributed by atoms with Crippen molar-refractivity contribution in [1.82, 2.24) is 20.4 Å². The fourth-order valence-electron chi connectivity index (χ4n) is 2.33. The third-order valence-electron chi connectivity index (χ3n) is 3.61. The van der Waals surface area contributed by atoms with Crippen molar-refractivity contribution in [2.45, 2.75) is 11.0 Å². The Labute approximate surface area is 142 Å². The standard InChI is InChI=1S/C17H14N4O2S/c1-22-14-5-2-11(3-6-14)10-24-17-21-20-16(23-17)12-4-7-15-13(8-12)9-18-19-15/h2-9H,10H2,1H3,(H,18,19). The third kappa shape index (κ3) is 2.98. The second-order valence-electron chi connectivity index (χ2n) is 5.18. The Bertz CT molecular complexity index is 962. The number of aromatic amines is 1. The van der Waals surface area contributed by atoms with Gasteiger partial charge in [0.15, 0.2) is 0 Å². The number of methoxy groups -OCH3 is 1. The van der Waals surface area contributed by atoms with E-state index in [1.807, 2.05) is 42.5 Å². The third-order valence-corrected chi connectivity index (χ3v) is 4.50. The second kappa shape index (κ2) is 6.37. The van der Waals surface area contributed by atoms with E-state index in [4.69, 9.17) is 9.15 Å². The highest BCUT2D eigenvalue weighted by Crippen LogP contribution is 2.27. The number of H-pyrrole nitrogens is 1. The van der Waals surface area contributed by atoms with Gasteiger partial charge in [0.25, 0.3) is 5.22 Å². The van der Waals surface area contributed by atoms with Gasteiger partial charge in [0, 0.05) is 16.7 Å². The predicted molar refractivity (Wildman–Crippen MR) is 91.9 cm³/mol. The van der Waals surface area contributed by atoms with E-state index in [1.54, 1.807) is 13.3 Å². The average Bonchev–Trinajstić information content (AvgIpc) is 3.29. The molecule has 0 unspecified atom stereocenters. The van der Waals surface area contributed by atoms with E-state index in [-0.39, 0.29) is 0 Å². The quantitative estimate of drug-likeness (QED) is 0.556. The topological polar surface area (TPSA) is 76.8 Å². The average molecular weight is 338 g/mol. The summed E-state index contributed by atoms with van der Waals surface area (Å²) < 4.78 is 10.9. The van der Waals surface area contributed by atoms with E-state index < -0.39 is 0 Å². The number of thioether (sulfide) groups is 1. The molecule has 2 aromatic heterocycles. The molecule has 7 heteroatoms. The highest BCUT2D eigenvalue weighted by molar-refractivity contribution is 7.98. The fourth-order valence-corrected chi connectivity index (χ4v) is 3.05. The van der Waals surface area contributed by atoms with Crippen molar-refractivity contribution < 1.29 is 9.15 Å². The lowest BCUT2D eigenvalue weighted by atomic mass is 10.1. The number of nitrogens with one attached hydrogen (secondary N) is 1. The molecule has 120 valence electrons. The molecule has 0 aliphatic rings. The van der Waals surface area contributed by atoms with Crippen molar-refractivity contribution in [2.24, 2.45) is 0 Å². The Morgan fingerprint density at radius 1 is 1.12 bits per heavy atom. The van der Waals surface area contributed by atoms with Crippen LogP contribution in [0.3, 0.4) is 0 Å². The molecule has 0 atom stereocenters. The lowest BCUT2D eigenvalue weighted by Crippen LogP contribution is -1.84. The molecule has 4 rings (SSSR count). The molecule has 0 bridgehead atoms. The largest absolute Gasteiger partial charge is 0.497 e. The minimum atomic E-state index is 0.510. The van der Waals surface area contributed by atoms with Gasteiger partial charge in [0.05, 0.1) is 18.8 Å². The van der Waals surface area contributed by atoms with Crippen LogP contribution in [0.4, 0.5) is 0 Å². The number of rotatable bonds is 5. The molecular weight excluding hydrogens is 324 g/mol. The predicted octanol–water partition coefficient (Wildman–Crippen LogP) is 3.91. The first-order chi connectivity index (χ1) is 11.8. The Balaban J connectivity index is 1.47. The van der Waals surface area contributed by atoms with Crippen LogP contribution in [-0.4, -0.2) is 27.5 Å². The minimum absolute atomic E-state index is 0.510.